The highest BCUT2D eigenvalue weighted by molar-refractivity contribution is 6.18. The molecular formula is C123H89N13. The summed E-state index contributed by atoms with van der Waals surface area (Å²) in [6, 6.07) is 141. The van der Waals surface area contributed by atoms with Crippen LogP contribution in [-0.2, 0) is 0 Å². The van der Waals surface area contributed by atoms with E-state index in [9.17, 15) is 0 Å². The highest BCUT2D eigenvalue weighted by Crippen LogP contribution is 2.42. The van der Waals surface area contributed by atoms with Crippen molar-refractivity contribution in [2.45, 2.75) is 0 Å². The molecule has 0 fully saturated rings. The summed E-state index contributed by atoms with van der Waals surface area (Å²) in [5.41, 5.74) is 28.6. The average molecular weight is 1750 g/mol. The van der Waals surface area contributed by atoms with E-state index >= 15 is 0 Å². The van der Waals surface area contributed by atoms with Gasteiger partial charge in [0, 0.05) is 184 Å². The number of dihydropyridines is 1. The molecule has 0 saturated carbocycles. The lowest BCUT2D eigenvalue weighted by Gasteiger charge is -2.10. The number of nitrogens with one attached hydrogen (secondary N) is 1. The van der Waals surface area contributed by atoms with Gasteiger partial charge in [0.25, 0.3) is 0 Å². The normalized spacial score (nSPS) is 12.3. The first-order valence-corrected chi connectivity index (χ1v) is 45.7. The lowest BCUT2D eigenvalue weighted by atomic mass is 10.1. The van der Waals surface area contributed by atoms with Crippen molar-refractivity contribution >= 4 is 149 Å². The molecule has 0 radical (unpaired) electrons. The first kappa shape index (κ1) is 82.0. The minimum absolute atomic E-state index is 0.845. The number of rotatable bonds is 16. The summed E-state index contributed by atoms with van der Waals surface area (Å²) in [4.78, 5) is 18.3. The van der Waals surface area contributed by atoms with Crippen molar-refractivity contribution in [2.75, 3.05) is 6.54 Å². The Kier molecular flexibility index (Phi) is 21.8. The van der Waals surface area contributed by atoms with Crippen LogP contribution in [0.3, 0.4) is 0 Å². The zero-order valence-corrected chi connectivity index (χ0v) is 74.3. The summed E-state index contributed by atoms with van der Waals surface area (Å²) in [7, 11) is 0. The molecule has 26 rings (SSSR count). The molecule has 0 bridgehead atoms. The molecule has 13 heteroatoms. The summed E-state index contributed by atoms with van der Waals surface area (Å²) in [6.07, 6.45) is 31.3. The van der Waals surface area contributed by atoms with Crippen LogP contribution in [0.15, 0.2) is 515 Å². The standard InChI is InChI=1S/2C31H21N3.C31H23N3.C30H24N4/c1-3-9-22(10-4-1)24-15-16-31(32-21-24)34-28-14-8-7-13-26(28)27-19-23-17-18-33(29(23)20-30(27)34)25-11-5-2-6-12-25;1-2-8-24(9-3-1)33-19-17-23-20-27-26-10-4-5-12-29(26)34(31(27)21-30(23)33)25-15-13-22(14-16-25)28-11-6-7-18-32-28;1-2-18-32-19-16-23-12-14-26(15-13-23)34-29-11-7-6-10-27(29)28-21-24-17-20-33(30(24)22-31(28)34)25-8-4-3-5-9-25;1-2-22(24-9-8-15-31-20-24)19-32-21-34-28-13-7-6-12-26(28)27-17-23-14-16-33(29(23)18-30(27)34)25-10-4-3-5-11-25/h2*1-21H;2-22H,1H2;2-14,16-21,31H,1,15H2/b;;19-16+,32-18?;22-19+,32-21?. The summed E-state index contributed by atoms with van der Waals surface area (Å²) in [5.74, 6) is 0.919. The Labute approximate surface area is 785 Å². The van der Waals surface area contributed by atoms with Crippen LogP contribution in [0.4, 0.5) is 0 Å². The maximum atomic E-state index is 4.90. The molecule has 0 saturated heterocycles. The van der Waals surface area contributed by atoms with Crippen LogP contribution in [0.2, 0.25) is 0 Å². The number of hydrogen-bond donors (Lipinski definition) is 1. The lowest BCUT2D eigenvalue weighted by Crippen LogP contribution is -2.09. The Morgan fingerprint density at radius 1 is 0.324 bits per heavy atom. The second kappa shape index (κ2) is 36.1. The fourth-order valence-corrected chi connectivity index (χ4v) is 19.3. The van der Waals surface area contributed by atoms with Crippen LogP contribution < -0.4 is 5.32 Å². The number of para-hydroxylation sites is 8. The van der Waals surface area contributed by atoms with Gasteiger partial charge in [0.2, 0.25) is 0 Å². The number of nitrogens with zero attached hydrogens (tertiary/aromatic N) is 12. The molecule has 0 aliphatic carbocycles. The predicted molar refractivity (Wildman–Crippen MR) is 571 cm³/mol. The Morgan fingerprint density at radius 3 is 1.18 bits per heavy atom. The van der Waals surface area contributed by atoms with E-state index < -0.39 is 0 Å². The van der Waals surface area contributed by atoms with Gasteiger partial charge in [-0.25, -0.2) is 9.98 Å². The van der Waals surface area contributed by atoms with E-state index in [0.29, 0.717) is 0 Å². The molecule has 1 N–H and O–H groups in total. The number of hydrogen-bond acceptors (Lipinski definition) is 5. The maximum absolute atomic E-state index is 4.90. The first-order valence-electron chi connectivity index (χ1n) is 45.7. The molecule has 1 aliphatic rings. The van der Waals surface area contributed by atoms with Crippen LogP contribution in [-0.4, -0.2) is 65.6 Å². The van der Waals surface area contributed by atoms with Gasteiger partial charge in [-0.1, -0.05) is 244 Å². The zero-order valence-electron chi connectivity index (χ0n) is 74.3. The molecule has 25 aromatic rings. The molecule has 0 amide bonds. The van der Waals surface area contributed by atoms with Crippen molar-refractivity contribution < 1.29 is 0 Å². The molecule has 1 aliphatic heterocycles. The van der Waals surface area contributed by atoms with Crippen molar-refractivity contribution in [3.63, 3.8) is 0 Å². The van der Waals surface area contributed by atoms with E-state index in [2.05, 4.69) is 472 Å². The lowest BCUT2D eigenvalue weighted by molar-refractivity contribution is 0.959. The molecule has 136 heavy (non-hydrogen) atoms. The molecule has 0 unspecified atom stereocenters. The summed E-state index contributed by atoms with van der Waals surface area (Å²) < 4.78 is 18.2. The Morgan fingerprint density at radius 2 is 0.735 bits per heavy atom. The first-order chi connectivity index (χ1) is 67.4. The Bertz CT molecular complexity index is 8730. The Balaban J connectivity index is 0.000000102. The minimum atomic E-state index is 0.845. The monoisotopic (exact) mass is 1750 g/mol. The summed E-state index contributed by atoms with van der Waals surface area (Å²) >= 11 is 0. The van der Waals surface area contributed by atoms with Crippen LogP contribution in [0.25, 0.3) is 199 Å². The largest absolute Gasteiger partial charge is 0.387 e. The molecule has 15 aromatic carbocycles. The van der Waals surface area contributed by atoms with E-state index in [0.717, 1.165) is 96.4 Å². The van der Waals surface area contributed by atoms with Gasteiger partial charge in [-0.15, -0.1) is 0 Å². The van der Waals surface area contributed by atoms with Crippen molar-refractivity contribution in [1.82, 2.24) is 51.8 Å². The smallest absolute Gasteiger partial charge is 0.137 e. The predicted octanol–water partition coefficient (Wildman–Crippen LogP) is 30.3. The number of benzene rings is 15. The number of allylic oxidation sites excluding steroid dienone is 5. The summed E-state index contributed by atoms with van der Waals surface area (Å²) in [6.45, 7) is 8.45. The van der Waals surface area contributed by atoms with E-state index in [1.165, 1.54) is 120 Å². The van der Waals surface area contributed by atoms with Gasteiger partial charge >= 0.3 is 0 Å². The number of aromatic nitrogens is 10. The maximum Gasteiger partial charge on any atom is 0.137 e. The van der Waals surface area contributed by atoms with Crippen molar-refractivity contribution in [3.8, 4) is 62.3 Å². The van der Waals surface area contributed by atoms with Crippen LogP contribution in [0, 0.1) is 0 Å². The van der Waals surface area contributed by atoms with Gasteiger partial charge in [0.05, 0.1) is 78.2 Å². The number of aliphatic imine (C=N–C) groups is 2. The molecule has 0 atom stereocenters. The topological polar surface area (TPSA) is 102 Å². The molecule has 10 aromatic heterocycles. The van der Waals surface area contributed by atoms with Crippen LogP contribution in [0.5, 0.6) is 0 Å². The van der Waals surface area contributed by atoms with Gasteiger partial charge in [-0.05, 0) is 217 Å². The molecule has 646 valence electrons. The van der Waals surface area contributed by atoms with Crippen LogP contribution >= 0.6 is 0 Å². The van der Waals surface area contributed by atoms with E-state index in [-0.39, 0.29) is 0 Å². The SMILES string of the molecule is C=C/C(=C\N=Cn1c2ccccc2c2cc3ccn(-c4ccccc4)c3cc21)C1=CNCC=C1.C=CC=N/C=C/c1ccc(-n2c3ccccc3c3cc4ccn(-c5ccccc5)c4cc32)cc1.c1ccc(-c2ccc(-n3c4ccccc4c4cc5ccn(-c6ccccc6)c5cc43)nc2)cc1.c1ccc(-n2ccc3cc4c5ccccc5n(-c5ccc(-c6ccccn6)cc5)c4cc32)cc1. The molecule has 13 nitrogen and oxygen atoms in total. The number of pyridine rings is 2. The zero-order chi connectivity index (χ0) is 90.8. The van der Waals surface area contributed by atoms with Gasteiger partial charge in [0.15, 0.2) is 0 Å². The molecule has 0 spiro atoms. The van der Waals surface area contributed by atoms with Gasteiger partial charge < -0.3 is 32.7 Å². The second-order valence-corrected chi connectivity index (χ2v) is 33.7. The molecular weight excluding hydrogens is 1660 g/mol. The highest BCUT2D eigenvalue weighted by Gasteiger charge is 2.22. The third kappa shape index (κ3) is 15.4. The van der Waals surface area contributed by atoms with E-state index in [1.54, 1.807) is 18.5 Å². The third-order valence-corrected chi connectivity index (χ3v) is 25.7. The van der Waals surface area contributed by atoms with Gasteiger partial charge in [-0.3, -0.25) is 19.1 Å². The molecule has 11 heterocycles. The fourth-order valence-electron chi connectivity index (χ4n) is 19.3. The second-order valence-electron chi connectivity index (χ2n) is 33.7. The quantitative estimate of drug-likeness (QED) is 0.0592. The van der Waals surface area contributed by atoms with Crippen LogP contribution in [0.1, 0.15) is 5.56 Å². The average Bonchev–Trinajstić information content (AvgIpc) is 1.59. The van der Waals surface area contributed by atoms with Crippen molar-refractivity contribution in [3.05, 3.63) is 510 Å². The summed E-state index contributed by atoms with van der Waals surface area (Å²) in [5, 5.41) is 18.1. The van der Waals surface area contributed by atoms with Crippen molar-refractivity contribution in [2.24, 2.45) is 9.98 Å². The third-order valence-electron chi connectivity index (χ3n) is 25.7. The van der Waals surface area contributed by atoms with Gasteiger partial charge in [0.1, 0.15) is 5.82 Å². The van der Waals surface area contributed by atoms with E-state index in [4.69, 9.17) is 9.98 Å². The van der Waals surface area contributed by atoms with Gasteiger partial charge in [-0.2, -0.15) is 0 Å². The number of fused-ring (bicyclic) bond motifs is 16. The highest BCUT2D eigenvalue weighted by atomic mass is 15.1. The fraction of sp³-hybridized carbons (Fsp3) is 0.00813. The minimum Gasteiger partial charge on any atom is -0.387 e. The Hall–Kier alpha value is -18.5. The van der Waals surface area contributed by atoms with E-state index in [1.807, 2.05) is 73.6 Å². The van der Waals surface area contributed by atoms with Crippen molar-refractivity contribution in [1.29, 1.82) is 0 Å².